The summed E-state index contributed by atoms with van der Waals surface area (Å²) in [5.41, 5.74) is 0.768. The Morgan fingerprint density at radius 1 is 1.40 bits per heavy atom. The zero-order valence-electron chi connectivity index (χ0n) is 7.98. The first-order valence-corrected chi connectivity index (χ1v) is 4.46. The molecule has 0 aliphatic rings. The molecule has 1 atom stereocenters. The van der Waals surface area contributed by atoms with Crippen molar-refractivity contribution >= 4 is 6.09 Å². The van der Waals surface area contributed by atoms with Crippen molar-refractivity contribution in [1.82, 2.24) is 5.32 Å². The Bertz CT molecular complexity index is 326. The first-order valence-electron chi connectivity index (χ1n) is 4.46. The third-order valence-corrected chi connectivity index (χ3v) is 1.94. The molecule has 15 heavy (non-hydrogen) atoms. The number of carbonyl (C=O) groups is 1. The standard InChI is InChI=1S/C10H12FNO3/c11-8-3-1-7(2-4-8)5-9(6-13)12-10(14)15/h1-4,9,12-13H,5-6H2,(H,14,15)/t9-/m1/s1. The molecule has 1 amide bonds. The van der Waals surface area contributed by atoms with Gasteiger partial charge in [0.2, 0.25) is 0 Å². The van der Waals surface area contributed by atoms with Gasteiger partial charge in [0.25, 0.3) is 0 Å². The summed E-state index contributed by atoms with van der Waals surface area (Å²) in [6.45, 7) is -0.288. The maximum Gasteiger partial charge on any atom is 0.404 e. The average molecular weight is 213 g/mol. The third kappa shape index (κ3) is 3.95. The number of aliphatic hydroxyl groups is 1. The van der Waals surface area contributed by atoms with E-state index < -0.39 is 12.1 Å². The van der Waals surface area contributed by atoms with Crippen LogP contribution in [0.3, 0.4) is 0 Å². The van der Waals surface area contributed by atoms with E-state index in [-0.39, 0.29) is 12.4 Å². The molecular weight excluding hydrogens is 201 g/mol. The molecule has 1 rings (SSSR count). The van der Waals surface area contributed by atoms with Crippen LogP contribution in [0.5, 0.6) is 0 Å². The Kier molecular flexibility index (Phi) is 4.05. The van der Waals surface area contributed by atoms with Crippen LogP contribution in [0.2, 0.25) is 0 Å². The van der Waals surface area contributed by atoms with Crippen molar-refractivity contribution in [3.8, 4) is 0 Å². The van der Waals surface area contributed by atoms with E-state index in [1.54, 1.807) is 12.1 Å². The normalized spacial score (nSPS) is 12.1. The van der Waals surface area contributed by atoms with E-state index in [4.69, 9.17) is 10.2 Å². The van der Waals surface area contributed by atoms with Crippen molar-refractivity contribution in [3.63, 3.8) is 0 Å². The minimum absolute atomic E-state index is 0.288. The number of nitrogens with one attached hydrogen (secondary N) is 1. The lowest BCUT2D eigenvalue weighted by Crippen LogP contribution is -2.38. The van der Waals surface area contributed by atoms with Crippen molar-refractivity contribution in [1.29, 1.82) is 0 Å². The number of hydrogen-bond acceptors (Lipinski definition) is 2. The Morgan fingerprint density at radius 3 is 2.47 bits per heavy atom. The van der Waals surface area contributed by atoms with Crippen molar-refractivity contribution in [3.05, 3.63) is 35.6 Å². The van der Waals surface area contributed by atoms with Crippen molar-refractivity contribution in [2.45, 2.75) is 12.5 Å². The van der Waals surface area contributed by atoms with Crippen molar-refractivity contribution in [2.75, 3.05) is 6.61 Å². The van der Waals surface area contributed by atoms with Crippen LogP contribution in [0, 0.1) is 5.82 Å². The lowest BCUT2D eigenvalue weighted by atomic mass is 10.1. The molecule has 3 N–H and O–H groups in total. The van der Waals surface area contributed by atoms with Crippen LogP contribution in [0.1, 0.15) is 5.56 Å². The molecule has 0 saturated carbocycles. The number of aliphatic hydroxyl groups excluding tert-OH is 1. The van der Waals surface area contributed by atoms with Gasteiger partial charge in [-0.15, -0.1) is 0 Å². The number of amides is 1. The maximum absolute atomic E-state index is 12.6. The third-order valence-electron chi connectivity index (χ3n) is 1.94. The van der Waals surface area contributed by atoms with Gasteiger partial charge in [0, 0.05) is 0 Å². The first kappa shape index (κ1) is 11.5. The van der Waals surface area contributed by atoms with Gasteiger partial charge in [-0.05, 0) is 24.1 Å². The molecule has 0 fully saturated rings. The molecular formula is C10H12FNO3. The lowest BCUT2D eigenvalue weighted by Gasteiger charge is -2.13. The predicted octanol–water partition coefficient (Wildman–Crippen LogP) is 0.997. The number of benzene rings is 1. The van der Waals surface area contributed by atoms with Crippen LogP contribution in [0.25, 0.3) is 0 Å². The van der Waals surface area contributed by atoms with E-state index in [0.717, 1.165) is 5.56 Å². The topological polar surface area (TPSA) is 69.6 Å². The number of hydrogen-bond donors (Lipinski definition) is 3. The Balaban J connectivity index is 2.58. The molecule has 0 radical (unpaired) electrons. The van der Waals surface area contributed by atoms with Gasteiger partial charge in [-0.2, -0.15) is 0 Å². The quantitative estimate of drug-likeness (QED) is 0.698. The molecule has 1 aromatic rings. The molecule has 0 aliphatic heterocycles. The van der Waals surface area contributed by atoms with Crippen LogP contribution in [-0.4, -0.2) is 29.0 Å². The fourth-order valence-corrected chi connectivity index (χ4v) is 1.24. The van der Waals surface area contributed by atoms with Gasteiger partial charge in [-0.25, -0.2) is 9.18 Å². The minimum Gasteiger partial charge on any atom is -0.465 e. The highest BCUT2D eigenvalue weighted by molar-refractivity contribution is 5.64. The first-order chi connectivity index (χ1) is 7.11. The monoisotopic (exact) mass is 213 g/mol. The highest BCUT2D eigenvalue weighted by Crippen LogP contribution is 2.05. The molecule has 0 aliphatic carbocycles. The summed E-state index contributed by atoms with van der Waals surface area (Å²) >= 11 is 0. The highest BCUT2D eigenvalue weighted by Gasteiger charge is 2.10. The molecule has 4 nitrogen and oxygen atoms in total. The van der Waals surface area contributed by atoms with E-state index in [2.05, 4.69) is 5.32 Å². The molecule has 0 saturated heterocycles. The molecule has 0 unspecified atom stereocenters. The second kappa shape index (κ2) is 5.31. The summed E-state index contributed by atoms with van der Waals surface area (Å²) in [4.78, 5) is 10.3. The molecule has 0 bridgehead atoms. The molecule has 0 aromatic heterocycles. The smallest absolute Gasteiger partial charge is 0.404 e. The molecule has 82 valence electrons. The molecule has 5 heteroatoms. The zero-order valence-corrected chi connectivity index (χ0v) is 7.98. The van der Waals surface area contributed by atoms with Gasteiger partial charge < -0.3 is 15.5 Å². The fraction of sp³-hybridized carbons (Fsp3) is 0.300. The van der Waals surface area contributed by atoms with E-state index in [1.165, 1.54) is 12.1 Å². The van der Waals surface area contributed by atoms with Gasteiger partial charge in [-0.3, -0.25) is 0 Å². The summed E-state index contributed by atoms with van der Waals surface area (Å²) in [5, 5.41) is 19.5. The fourth-order valence-electron chi connectivity index (χ4n) is 1.24. The summed E-state index contributed by atoms with van der Waals surface area (Å²) in [7, 11) is 0. The van der Waals surface area contributed by atoms with Crippen molar-refractivity contribution in [2.24, 2.45) is 0 Å². The molecule has 0 heterocycles. The van der Waals surface area contributed by atoms with Gasteiger partial charge in [-0.1, -0.05) is 12.1 Å². The van der Waals surface area contributed by atoms with Gasteiger partial charge in [0.1, 0.15) is 5.82 Å². The van der Waals surface area contributed by atoms with Gasteiger partial charge in [0.05, 0.1) is 12.6 Å². The van der Waals surface area contributed by atoms with E-state index >= 15 is 0 Å². The summed E-state index contributed by atoms with van der Waals surface area (Å²) in [5.74, 6) is -0.342. The zero-order chi connectivity index (χ0) is 11.3. The van der Waals surface area contributed by atoms with Crippen molar-refractivity contribution < 1.29 is 19.4 Å². The van der Waals surface area contributed by atoms with Crippen LogP contribution in [0.15, 0.2) is 24.3 Å². The second-order valence-corrected chi connectivity index (χ2v) is 3.16. The van der Waals surface area contributed by atoms with Crippen LogP contribution >= 0.6 is 0 Å². The van der Waals surface area contributed by atoms with E-state index in [0.29, 0.717) is 6.42 Å². The largest absolute Gasteiger partial charge is 0.465 e. The second-order valence-electron chi connectivity index (χ2n) is 3.16. The molecule has 1 aromatic carbocycles. The van der Waals surface area contributed by atoms with Crippen LogP contribution in [0.4, 0.5) is 9.18 Å². The Hall–Kier alpha value is -1.62. The SMILES string of the molecule is O=C(O)N[C@@H](CO)Cc1ccc(F)cc1. The van der Waals surface area contributed by atoms with Gasteiger partial charge >= 0.3 is 6.09 Å². The molecule has 0 spiro atoms. The Labute approximate surface area is 86.4 Å². The number of halogens is 1. The van der Waals surface area contributed by atoms with E-state index in [1.807, 2.05) is 0 Å². The lowest BCUT2D eigenvalue weighted by molar-refractivity contribution is 0.177. The summed E-state index contributed by atoms with van der Waals surface area (Å²) < 4.78 is 12.6. The van der Waals surface area contributed by atoms with Crippen LogP contribution in [-0.2, 0) is 6.42 Å². The summed E-state index contributed by atoms with van der Waals surface area (Å²) in [6, 6.07) is 5.14. The minimum atomic E-state index is -1.18. The van der Waals surface area contributed by atoms with Gasteiger partial charge in [0.15, 0.2) is 0 Å². The van der Waals surface area contributed by atoms with E-state index in [9.17, 15) is 9.18 Å². The summed E-state index contributed by atoms with van der Waals surface area (Å²) in [6.07, 6.45) is -0.848. The highest BCUT2D eigenvalue weighted by atomic mass is 19.1. The number of rotatable bonds is 4. The maximum atomic E-state index is 12.6. The van der Waals surface area contributed by atoms with Crippen LogP contribution < -0.4 is 5.32 Å². The Morgan fingerprint density at radius 2 is 2.00 bits per heavy atom. The number of carboxylic acid groups (broad SMARTS) is 1. The predicted molar refractivity (Wildman–Crippen MR) is 52.1 cm³/mol. The average Bonchev–Trinajstić information content (AvgIpc) is 2.19.